The number of aromatic nitrogens is 1. The number of likely N-dealkylation sites (tertiary alicyclic amines) is 1. The Labute approximate surface area is 122 Å². The Morgan fingerprint density at radius 1 is 1.45 bits per heavy atom. The van der Waals surface area contributed by atoms with Crippen LogP contribution in [0, 0.1) is 12.8 Å². The highest BCUT2D eigenvalue weighted by Gasteiger charge is 2.21. The maximum absolute atomic E-state index is 9.91. The Kier molecular flexibility index (Phi) is 5.38. The lowest BCUT2D eigenvalue weighted by Gasteiger charge is -2.33. The largest absolute Gasteiger partial charge is 0.506 e. The van der Waals surface area contributed by atoms with Crippen molar-refractivity contribution in [3.8, 4) is 5.75 Å². The van der Waals surface area contributed by atoms with Crippen LogP contribution in [0.15, 0.2) is 12.1 Å². The Hall–Kier alpha value is -1.13. The van der Waals surface area contributed by atoms with Crippen LogP contribution in [0.2, 0.25) is 0 Å². The van der Waals surface area contributed by atoms with Crippen LogP contribution in [0.5, 0.6) is 5.75 Å². The van der Waals surface area contributed by atoms with Crippen LogP contribution >= 0.6 is 0 Å². The monoisotopic (exact) mass is 277 g/mol. The van der Waals surface area contributed by atoms with Gasteiger partial charge in [-0.3, -0.25) is 9.88 Å². The lowest BCUT2D eigenvalue weighted by atomic mass is 9.97. The SMILES string of the molecule is Cc1ccc(O)c(CN2CCCC(CNC(C)C)C2)n1. The van der Waals surface area contributed by atoms with E-state index in [2.05, 4.69) is 29.0 Å². The number of rotatable bonds is 5. The number of pyridine rings is 1. The fraction of sp³-hybridized carbons (Fsp3) is 0.688. The van der Waals surface area contributed by atoms with Crippen molar-refractivity contribution < 1.29 is 5.11 Å². The molecule has 2 rings (SSSR count). The van der Waals surface area contributed by atoms with Crippen molar-refractivity contribution in [2.75, 3.05) is 19.6 Å². The second-order valence-electron chi connectivity index (χ2n) is 6.22. The quantitative estimate of drug-likeness (QED) is 0.867. The molecule has 2 N–H and O–H groups in total. The summed E-state index contributed by atoms with van der Waals surface area (Å²) < 4.78 is 0. The van der Waals surface area contributed by atoms with Crippen LogP contribution < -0.4 is 5.32 Å². The van der Waals surface area contributed by atoms with Crippen LogP contribution in [0.25, 0.3) is 0 Å². The predicted molar refractivity (Wildman–Crippen MR) is 81.8 cm³/mol. The molecule has 0 amide bonds. The number of aryl methyl sites for hydroxylation is 1. The summed E-state index contributed by atoms with van der Waals surface area (Å²) in [4.78, 5) is 6.87. The van der Waals surface area contributed by atoms with Crippen LogP contribution in [0.3, 0.4) is 0 Å². The van der Waals surface area contributed by atoms with E-state index in [4.69, 9.17) is 0 Å². The molecule has 1 aliphatic heterocycles. The first kappa shape index (κ1) is 15.3. The third kappa shape index (κ3) is 4.46. The molecule has 0 aromatic carbocycles. The molecule has 0 saturated carbocycles. The topological polar surface area (TPSA) is 48.4 Å². The number of nitrogens with one attached hydrogen (secondary N) is 1. The Balaban J connectivity index is 1.90. The van der Waals surface area contributed by atoms with Crippen molar-refractivity contribution in [2.45, 2.75) is 46.2 Å². The van der Waals surface area contributed by atoms with E-state index in [0.717, 1.165) is 37.6 Å². The Bertz CT molecular complexity index is 434. The number of hydrogen-bond acceptors (Lipinski definition) is 4. The van der Waals surface area contributed by atoms with Gasteiger partial charge in [0, 0.05) is 24.8 Å². The molecule has 4 nitrogen and oxygen atoms in total. The standard InChI is InChI=1S/C16H27N3O/c1-12(2)17-9-14-5-4-8-19(10-14)11-15-16(20)7-6-13(3)18-15/h6-7,12,14,17,20H,4-5,8-11H2,1-3H3. The third-order valence-corrected chi connectivity index (χ3v) is 3.88. The van der Waals surface area contributed by atoms with E-state index in [1.807, 2.05) is 13.0 Å². The van der Waals surface area contributed by atoms with Crippen LogP contribution in [0.1, 0.15) is 38.1 Å². The van der Waals surface area contributed by atoms with E-state index < -0.39 is 0 Å². The summed E-state index contributed by atoms with van der Waals surface area (Å²) in [6, 6.07) is 4.15. The van der Waals surface area contributed by atoms with Gasteiger partial charge >= 0.3 is 0 Å². The molecule has 1 aromatic rings. The van der Waals surface area contributed by atoms with Gasteiger partial charge in [0.1, 0.15) is 5.75 Å². The van der Waals surface area contributed by atoms with E-state index in [1.165, 1.54) is 12.8 Å². The number of hydrogen-bond donors (Lipinski definition) is 2. The number of nitrogens with zero attached hydrogens (tertiary/aromatic N) is 2. The highest BCUT2D eigenvalue weighted by molar-refractivity contribution is 5.27. The predicted octanol–water partition coefficient (Wildman–Crippen LogP) is 2.31. The van der Waals surface area contributed by atoms with Crippen molar-refractivity contribution in [2.24, 2.45) is 5.92 Å². The zero-order valence-corrected chi connectivity index (χ0v) is 12.9. The van der Waals surface area contributed by atoms with Gasteiger partial charge < -0.3 is 10.4 Å². The fourth-order valence-corrected chi connectivity index (χ4v) is 2.80. The van der Waals surface area contributed by atoms with Crippen LogP contribution in [-0.2, 0) is 6.54 Å². The summed E-state index contributed by atoms with van der Waals surface area (Å²) in [5.74, 6) is 1.02. The molecule has 1 aliphatic rings. The summed E-state index contributed by atoms with van der Waals surface area (Å²) in [6.45, 7) is 10.4. The van der Waals surface area contributed by atoms with Gasteiger partial charge in [-0.15, -0.1) is 0 Å². The molecule has 112 valence electrons. The van der Waals surface area contributed by atoms with Crippen molar-refractivity contribution >= 4 is 0 Å². The van der Waals surface area contributed by atoms with E-state index in [1.54, 1.807) is 6.07 Å². The smallest absolute Gasteiger partial charge is 0.138 e. The minimum absolute atomic E-state index is 0.318. The molecule has 20 heavy (non-hydrogen) atoms. The summed E-state index contributed by atoms with van der Waals surface area (Å²) in [5, 5.41) is 13.4. The van der Waals surface area contributed by atoms with Gasteiger partial charge in [0.05, 0.1) is 5.69 Å². The van der Waals surface area contributed by atoms with Gasteiger partial charge in [-0.2, -0.15) is 0 Å². The van der Waals surface area contributed by atoms with E-state index in [9.17, 15) is 5.11 Å². The van der Waals surface area contributed by atoms with Gasteiger partial charge in [0.25, 0.3) is 0 Å². The van der Waals surface area contributed by atoms with Crippen LogP contribution in [0.4, 0.5) is 0 Å². The average molecular weight is 277 g/mol. The molecule has 1 fully saturated rings. The first-order chi connectivity index (χ1) is 9.54. The van der Waals surface area contributed by atoms with Gasteiger partial charge in [-0.1, -0.05) is 13.8 Å². The van der Waals surface area contributed by atoms with Gasteiger partial charge in [0.2, 0.25) is 0 Å². The molecule has 1 unspecified atom stereocenters. The Morgan fingerprint density at radius 3 is 3.00 bits per heavy atom. The number of piperidine rings is 1. The molecule has 0 radical (unpaired) electrons. The van der Waals surface area contributed by atoms with E-state index in [0.29, 0.717) is 17.7 Å². The second kappa shape index (κ2) is 7.04. The lowest BCUT2D eigenvalue weighted by molar-refractivity contribution is 0.161. The van der Waals surface area contributed by atoms with Crippen molar-refractivity contribution in [3.63, 3.8) is 0 Å². The minimum Gasteiger partial charge on any atom is -0.506 e. The molecule has 0 spiro atoms. The summed E-state index contributed by atoms with van der Waals surface area (Å²) in [7, 11) is 0. The fourth-order valence-electron chi connectivity index (χ4n) is 2.80. The highest BCUT2D eigenvalue weighted by atomic mass is 16.3. The van der Waals surface area contributed by atoms with Gasteiger partial charge in [-0.05, 0) is 50.9 Å². The zero-order chi connectivity index (χ0) is 14.5. The second-order valence-corrected chi connectivity index (χ2v) is 6.22. The molecule has 1 saturated heterocycles. The molecular weight excluding hydrogens is 250 g/mol. The average Bonchev–Trinajstić information content (AvgIpc) is 2.41. The first-order valence-electron chi connectivity index (χ1n) is 7.66. The van der Waals surface area contributed by atoms with Crippen LogP contribution in [-0.4, -0.2) is 40.7 Å². The first-order valence-corrected chi connectivity index (χ1v) is 7.66. The summed E-state index contributed by atoms with van der Waals surface area (Å²) in [6.07, 6.45) is 2.53. The van der Waals surface area contributed by atoms with Gasteiger partial charge in [0.15, 0.2) is 0 Å². The van der Waals surface area contributed by atoms with Crippen molar-refractivity contribution in [1.29, 1.82) is 0 Å². The van der Waals surface area contributed by atoms with E-state index in [-0.39, 0.29) is 0 Å². The highest BCUT2D eigenvalue weighted by Crippen LogP contribution is 2.21. The molecular formula is C16H27N3O. The number of aromatic hydroxyl groups is 1. The molecule has 4 heteroatoms. The van der Waals surface area contributed by atoms with Gasteiger partial charge in [-0.25, -0.2) is 0 Å². The van der Waals surface area contributed by atoms with Crippen molar-refractivity contribution in [1.82, 2.24) is 15.2 Å². The molecule has 1 aromatic heterocycles. The maximum Gasteiger partial charge on any atom is 0.138 e. The lowest BCUT2D eigenvalue weighted by Crippen LogP contribution is -2.40. The summed E-state index contributed by atoms with van der Waals surface area (Å²) in [5.41, 5.74) is 1.77. The van der Waals surface area contributed by atoms with E-state index >= 15 is 0 Å². The minimum atomic E-state index is 0.318. The maximum atomic E-state index is 9.91. The zero-order valence-electron chi connectivity index (χ0n) is 12.9. The molecule has 1 atom stereocenters. The molecule has 0 aliphatic carbocycles. The molecule has 0 bridgehead atoms. The normalized spacial score (nSPS) is 20.5. The molecule has 2 heterocycles. The third-order valence-electron chi connectivity index (χ3n) is 3.88. The summed E-state index contributed by atoms with van der Waals surface area (Å²) >= 11 is 0. The Morgan fingerprint density at radius 2 is 2.25 bits per heavy atom. The van der Waals surface area contributed by atoms with Crippen molar-refractivity contribution in [3.05, 3.63) is 23.5 Å².